The third-order valence-electron chi connectivity index (χ3n) is 3.00. The van der Waals surface area contributed by atoms with Crippen LogP contribution in [0.5, 0.6) is 0 Å². The summed E-state index contributed by atoms with van der Waals surface area (Å²) in [6, 6.07) is 0. The van der Waals surface area contributed by atoms with Gasteiger partial charge in [-0.05, 0) is 25.8 Å². The fourth-order valence-electron chi connectivity index (χ4n) is 2.29. The fraction of sp³-hybridized carbons (Fsp3) is 1.00. The lowest BCUT2D eigenvalue weighted by Crippen LogP contribution is -2.34. The van der Waals surface area contributed by atoms with Gasteiger partial charge in [0.25, 0.3) is 0 Å². The number of halogens is 1. The molecule has 1 N–H and O–H groups in total. The number of aliphatic hydroxyl groups is 1. The predicted octanol–water partition coefficient (Wildman–Crippen LogP) is 2.25. The van der Waals surface area contributed by atoms with Gasteiger partial charge in [-0.3, -0.25) is 0 Å². The maximum atomic E-state index is 9.47. The highest BCUT2D eigenvalue weighted by Crippen LogP contribution is 2.24. The number of hydrogen-bond acceptors (Lipinski definition) is 2. The molecule has 1 rings (SSSR count). The van der Waals surface area contributed by atoms with E-state index in [4.69, 9.17) is 0 Å². The van der Waals surface area contributed by atoms with Crippen LogP contribution < -0.4 is 0 Å². The predicted molar refractivity (Wildman–Crippen MR) is 63.9 cm³/mol. The lowest BCUT2D eigenvalue weighted by atomic mass is 9.89. The Morgan fingerprint density at radius 1 is 1.36 bits per heavy atom. The average molecular weight is 264 g/mol. The van der Waals surface area contributed by atoms with Gasteiger partial charge in [-0.1, -0.05) is 35.2 Å². The van der Waals surface area contributed by atoms with Crippen LogP contribution >= 0.6 is 15.9 Å². The van der Waals surface area contributed by atoms with E-state index in [-0.39, 0.29) is 6.10 Å². The molecule has 0 spiro atoms. The van der Waals surface area contributed by atoms with Crippen molar-refractivity contribution in [1.29, 1.82) is 0 Å². The van der Waals surface area contributed by atoms with E-state index in [1.54, 1.807) is 0 Å². The summed E-state index contributed by atoms with van der Waals surface area (Å²) in [6.07, 6.45) is 6.77. The van der Waals surface area contributed by atoms with Crippen molar-refractivity contribution in [2.24, 2.45) is 5.92 Å². The van der Waals surface area contributed by atoms with Gasteiger partial charge in [0.2, 0.25) is 0 Å². The van der Waals surface area contributed by atoms with E-state index < -0.39 is 0 Å². The molecule has 84 valence electrons. The number of likely N-dealkylation sites (N-methyl/N-ethyl adjacent to an activating group) is 1. The van der Waals surface area contributed by atoms with Crippen LogP contribution in [-0.2, 0) is 0 Å². The van der Waals surface area contributed by atoms with Crippen molar-refractivity contribution < 1.29 is 5.11 Å². The molecule has 0 bridgehead atoms. The standard InChI is InChI=1S/C11H22BrNO/c1-13(9-11(14)7-12)8-10-5-3-2-4-6-10/h10-11,14H,2-9H2,1H3. The van der Waals surface area contributed by atoms with Gasteiger partial charge in [0, 0.05) is 18.4 Å². The second-order valence-corrected chi connectivity index (χ2v) is 5.18. The largest absolute Gasteiger partial charge is 0.391 e. The Bertz CT molecular complexity index is 148. The molecule has 0 aliphatic heterocycles. The summed E-state index contributed by atoms with van der Waals surface area (Å²) in [5.74, 6) is 0.872. The minimum Gasteiger partial charge on any atom is -0.391 e. The monoisotopic (exact) mass is 263 g/mol. The number of alkyl halides is 1. The van der Waals surface area contributed by atoms with E-state index >= 15 is 0 Å². The summed E-state index contributed by atoms with van der Waals surface area (Å²) in [5.41, 5.74) is 0. The van der Waals surface area contributed by atoms with Crippen molar-refractivity contribution in [3.05, 3.63) is 0 Å². The Morgan fingerprint density at radius 3 is 2.57 bits per heavy atom. The average Bonchev–Trinajstić information content (AvgIpc) is 2.19. The normalized spacial score (nSPS) is 21.4. The summed E-state index contributed by atoms with van der Waals surface area (Å²) >= 11 is 3.29. The minimum atomic E-state index is -0.219. The number of aliphatic hydroxyl groups excluding tert-OH is 1. The van der Waals surface area contributed by atoms with Crippen LogP contribution in [-0.4, -0.2) is 41.6 Å². The van der Waals surface area contributed by atoms with Gasteiger partial charge in [0.15, 0.2) is 0 Å². The topological polar surface area (TPSA) is 23.5 Å². The molecule has 2 nitrogen and oxygen atoms in total. The first-order valence-electron chi connectivity index (χ1n) is 5.65. The Morgan fingerprint density at radius 2 is 2.00 bits per heavy atom. The molecule has 0 saturated heterocycles. The number of nitrogens with zero attached hydrogens (tertiary/aromatic N) is 1. The fourth-order valence-corrected chi connectivity index (χ4v) is 2.50. The zero-order valence-corrected chi connectivity index (χ0v) is 10.7. The molecule has 1 saturated carbocycles. The smallest absolute Gasteiger partial charge is 0.0763 e. The van der Waals surface area contributed by atoms with Crippen molar-refractivity contribution >= 4 is 15.9 Å². The zero-order chi connectivity index (χ0) is 10.4. The Balaban J connectivity index is 2.14. The lowest BCUT2D eigenvalue weighted by Gasteiger charge is -2.27. The quantitative estimate of drug-likeness (QED) is 0.770. The first-order valence-corrected chi connectivity index (χ1v) is 6.77. The van der Waals surface area contributed by atoms with Crippen LogP contribution in [0.2, 0.25) is 0 Å². The van der Waals surface area contributed by atoms with Crippen LogP contribution in [0.4, 0.5) is 0 Å². The molecule has 0 radical (unpaired) electrons. The van der Waals surface area contributed by atoms with E-state index in [1.165, 1.54) is 32.1 Å². The van der Waals surface area contributed by atoms with Crippen LogP contribution in [0.25, 0.3) is 0 Å². The van der Waals surface area contributed by atoms with E-state index in [2.05, 4.69) is 27.9 Å². The summed E-state index contributed by atoms with van der Waals surface area (Å²) in [7, 11) is 2.11. The van der Waals surface area contributed by atoms with E-state index in [0.29, 0.717) is 5.33 Å². The molecule has 1 atom stereocenters. The van der Waals surface area contributed by atoms with Crippen LogP contribution in [0.1, 0.15) is 32.1 Å². The molecular weight excluding hydrogens is 242 g/mol. The van der Waals surface area contributed by atoms with Gasteiger partial charge in [-0.2, -0.15) is 0 Å². The summed E-state index contributed by atoms with van der Waals surface area (Å²) in [5, 5.41) is 10.2. The van der Waals surface area contributed by atoms with E-state index in [9.17, 15) is 5.11 Å². The molecule has 0 amide bonds. The molecular formula is C11H22BrNO. The molecule has 0 aromatic heterocycles. The van der Waals surface area contributed by atoms with Crippen LogP contribution in [0, 0.1) is 5.92 Å². The lowest BCUT2D eigenvalue weighted by molar-refractivity contribution is 0.130. The van der Waals surface area contributed by atoms with Crippen molar-refractivity contribution in [3.8, 4) is 0 Å². The van der Waals surface area contributed by atoms with Gasteiger partial charge in [0.05, 0.1) is 6.10 Å². The molecule has 14 heavy (non-hydrogen) atoms. The van der Waals surface area contributed by atoms with Crippen molar-refractivity contribution in [3.63, 3.8) is 0 Å². The molecule has 1 unspecified atom stereocenters. The Hall–Kier alpha value is 0.400. The number of hydrogen-bond donors (Lipinski definition) is 1. The summed E-state index contributed by atoms with van der Waals surface area (Å²) in [6.45, 7) is 1.95. The maximum Gasteiger partial charge on any atom is 0.0763 e. The molecule has 1 aliphatic carbocycles. The van der Waals surface area contributed by atoms with Crippen LogP contribution in [0.3, 0.4) is 0 Å². The Labute approximate surface area is 95.8 Å². The van der Waals surface area contributed by atoms with Gasteiger partial charge < -0.3 is 10.0 Å². The zero-order valence-electron chi connectivity index (χ0n) is 9.08. The third kappa shape index (κ3) is 4.76. The van der Waals surface area contributed by atoms with Gasteiger partial charge in [-0.15, -0.1) is 0 Å². The van der Waals surface area contributed by atoms with Crippen molar-refractivity contribution in [2.75, 3.05) is 25.5 Å². The van der Waals surface area contributed by atoms with Gasteiger partial charge in [0.1, 0.15) is 0 Å². The molecule has 1 aliphatic rings. The highest BCUT2D eigenvalue weighted by Gasteiger charge is 2.16. The highest BCUT2D eigenvalue weighted by molar-refractivity contribution is 9.09. The molecule has 0 aromatic carbocycles. The van der Waals surface area contributed by atoms with Crippen molar-refractivity contribution in [1.82, 2.24) is 4.90 Å². The third-order valence-corrected chi connectivity index (χ3v) is 3.74. The molecule has 3 heteroatoms. The summed E-state index contributed by atoms with van der Waals surface area (Å²) < 4.78 is 0. The van der Waals surface area contributed by atoms with Crippen molar-refractivity contribution in [2.45, 2.75) is 38.2 Å². The first kappa shape index (κ1) is 12.5. The van der Waals surface area contributed by atoms with E-state index in [0.717, 1.165) is 19.0 Å². The summed E-state index contributed by atoms with van der Waals surface area (Å²) in [4.78, 5) is 2.27. The second kappa shape index (κ2) is 6.81. The maximum absolute atomic E-state index is 9.47. The van der Waals surface area contributed by atoms with Gasteiger partial charge in [-0.25, -0.2) is 0 Å². The molecule has 0 aromatic rings. The van der Waals surface area contributed by atoms with Crippen LogP contribution in [0.15, 0.2) is 0 Å². The Kier molecular flexibility index (Phi) is 6.06. The SMILES string of the molecule is CN(CC(O)CBr)CC1CCCCC1. The second-order valence-electron chi connectivity index (χ2n) is 4.53. The van der Waals surface area contributed by atoms with Gasteiger partial charge >= 0.3 is 0 Å². The highest BCUT2D eigenvalue weighted by atomic mass is 79.9. The molecule has 1 fully saturated rings. The van der Waals surface area contributed by atoms with E-state index in [1.807, 2.05) is 0 Å². The minimum absolute atomic E-state index is 0.219. The first-order chi connectivity index (χ1) is 6.72. The number of rotatable bonds is 5. The molecule has 0 heterocycles.